The smallest absolute Gasteiger partial charge is 0.143 e. The number of benzene rings is 8. The normalized spacial score (nSPS) is 11.8. The Kier molecular flexibility index (Phi) is 6.42. The number of para-hydroxylation sites is 2. The van der Waals surface area contributed by atoms with Crippen molar-refractivity contribution in [2.24, 2.45) is 0 Å². The zero-order valence-corrected chi connectivity index (χ0v) is 28.7. The first-order chi connectivity index (χ1) is 25.8. The van der Waals surface area contributed by atoms with Crippen LogP contribution in [0.15, 0.2) is 185 Å². The molecule has 0 aliphatic carbocycles. The Balaban J connectivity index is 1.06. The molecule has 0 radical (unpaired) electrons. The molecule has 0 saturated carbocycles. The predicted molar refractivity (Wildman–Crippen MR) is 219 cm³/mol. The van der Waals surface area contributed by atoms with Crippen molar-refractivity contribution in [3.05, 3.63) is 176 Å². The van der Waals surface area contributed by atoms with Crippen molar-refractivity contribution >= 4 is 92.4 Å². The molecule has 0 bridgehead atoms. The van der Waals surface area contributed by atoms with Gasteiger partial charge in [0.25, 0.3) is 0 Å². The SMILES string of the molecule is c1ccc(-c2cccc3c2oc2ccc(-c4ccc(N(c5ccc6oc7ccccc7c6c5)c5cccc6c5sc5ccccc56)cc4)cc23)cc1. The molecule has 0 fully saturated rings. The third-order valence-electron chi connectivity index (χ3n) is 10.3. The van der Waals surface area contributed by atoms with Crippen molar-refractivity contribution in [2.45, 2.75) is 0 Å². The van der Waals surface area contributed by atoms with Gasteiger partial charge < -0.3 is 13.7 Å². The van der Waals surface area contributed by atoms with Gasteiger partial charge in [-0.05, 0) is 77.4 Å². The number of hydrogen-bond acceptors (Lipinski definition) is 4. The monoisotopic (exact) mass is 683 g/mol. The molecule has 11 rings (SSSR count). The van der Waals surface area contributed by atoms with Crippen molar-refractivity contribution in [3.63, 3.8) is 0 Å². The molecule has 3 nitrogen and oxygen atoms in total. The van der Waals surface area contributed by atoms with Gasteiger partial charge in [-0.2, -0.15) is 0 Å². The Morgan fingerprint density at radius 1 is 0.385 bits per heavy atom. The summed E-state index contributed by atoms with van der Waals surface area (Å²) in [7, 11) is 0. The maximum absolute atomic E-state index is 6.47. The van der Waals surface area contributed by atoms with Crippen LogP contribution < -0.4 is 4.90 Å². The average Bonchev–Trinajstić information content (AvgIpc) is 3.90. The Labute approximate surface area is 303 Å². The first-order valence-corrected chi connectivity index (χ1v) is 18.3. The summed E-state index contributed by atoms with van der Waals surface area (Å²) in [6.07, 6.45) is 0. The lowest BCUT2D eigenvalue weighted by Crippen LogP contribution is -2.10. The minimum Gasteiger partial charge on any atom is -0.456 e. The van der Waals surface area contributed by atoms with E-state index in [0.717, 1.165) is 83.2 Å². The summed E-state index contributed by atoms with van der Waals surface area (Å²) in [5, 5.41) is 7.02. The fourth-order valence-corrected chi connectivity index (χ4v) is 9.02. The van der Waals surface area contributed by atoms with E-state index in [4.69, 9.17) is 8.83 Å². The number of hydrogen-bond donors (Lipinski definition) is 0. The second kappa shape index (κ2) is 11.5. The van der Waals surface area contributed by atoms with Gasteiger partial charge >= 0.3 is 0 Å². The van der Waals surface area contributed by atoms with Crippen molar-refractivity contribution in [1.29, 1.82) is 0 Å². The van der Waals surface area contributed by atoms with Gasteiger partial charge in [-0.15, -0.1) is 11.3 Å². The lowest BCUT2D eigenvalue weighted by Gasteiger charge is -2.26. The summed E-state index contributed by atoms with van der Waals surface area (Å²) in [4.78, 5) is 2.39. The Morgan fingerprint density at radius 3 is 1.94 bits per heavy atom. The zero-order valence-electron chi connectivity index (χ0n) is 27.9. The molecule has 0 N–H and O–H groups in total. The summed E-state index contributed by atoms with van der Waals surface area (Å²) < 4.78 is 15.3. The highest BCUT2D eigenvalue weighted by atomic mass is 32.1. The van der Waals surface area contributed by atoms with Crippen LogP contribution in [-0.2, 0) is 0 Å². The summed E-state index contributed by atoms with van der Waals surface area (Å²) in [6, 6.07) is 62.5. The number of furan rings is 2. The molecule has 244 valence electrons. The molecule has 0 aliphatic rings. The van der Waals surface area contributed by atoms with Crippen LogP contribution in [0.5, 0.6) is 0 Å². The fraction of sp³-hybridized carbons (Fsp3) is 0. The van der Waals surface area contributed by atoms with E-state index in [0.29, 0.717) is 0 Å². The van der Waals surface area contributed by atoms with E-state index in [1.54, 1.807) is 0 Å². The van der Waals surface area contributed by atoms with Gasteiger partial charge in [0.15, 0.2) is 0 Å². The Bertz CT molecular complexity index is 3130. The standard InChI is InChI=1S/C48H29NO2S/c1-2-10-31(11-3-1)35-14-8-15-38-40-28-32(22-26-45(40)51-47(35)38)30-20-23-33(24-21-30)49(34-25-27-44-41(29-34)36-12-4-6-18-43(36)50-44)42-17-9-16-39-37-13-5-7-19-46(37)52-48(39)42/h1-29H. The van der Waals surface area contributed by atoms with E-state index in [1.807, 2.05) is 29.5 Å². The molecule has 0 saturated heterocycles. The topological polar surface area (TPSA) is 29.5 Å². The van der Waals surface area contributed by atoms with Gasteiger partial charge in [0.05, 0.1) is 10.4 Å². The van der Waals surface area contributed by atoms with Crippen LogP contribution in [0.25, 0.3) is 86.3 Å². The molecule has 0 unspecified atom stereocenters. The van der Waals surface area contributed by atoms with E-state index >= 15 is 0 Å². The molecule has 0 amide bonds. The third-order valence-corrected chi connectivity index (χ3v) is 11.5. The van der Waals surface area contributed by atoms with Crippen molar-refractivity contribution in [1.82, 2.24) is 0 Å². The van der Waals surface area contributed by atoms with Gasteiger partial charge in [-0.1, -0.05) is 115 Å². The van der Waals surface area contributed by atoms with Crippen LogP contribution in [0.3, 0.4) is 0 Å². The van der Waals surface area contributed by atoms with E-state index in [2.05, 4.69) is 163 Å². The van der Waals surface area contributed by atoms with Gasteiger partial charge in [0.2, 0.25) is 0 Å². The van der Waals surface area contributed by atoms with E-state index in [1.165, 1.54) is 20.2 Å². The molecule has 0 spiro atoms. The minimum atomic E-state index is 0.887. The van der Waals surface area contributed by atoms with Crippen molar-refractivity contribution in [2.75, 3.05) is 4.90 Å². The Morgan fingerprint density at radius 2 is 1.04 bits per heavy atom. The summed E-state index contributed by atoms with van der Waals surface area (Å²) in [5.41, 5.74) is 11.5. The number of anilines is 3. The molecular formula is C48H29NO2S. The highest BCUT2D eigenvalue weighted by molar-refractivity contribution is 7.26. The molecule has 8 aromatic carbocycles. The highest BCUT2D eigenvalue weighted by Gasteiger charge is 2.20. The number of rotatable bonds is 5. The van der Waals surface area contributed by atoms with E-state index < -0.39 is 0 Å². The number of thiophene rings is 1. The average molecular weight is 684 g/mol. The Hall–Kier alpha value is -6.62. The maximum Gasteiger partial charge on any atom is 0.143 e. The molecule has 4 heteroatoms. The first-order valence-electron chi connectivity index (χ1n) is 17.5. The maximum atomic E-state index is 6.47. The molecule has 3 heterocycles. The lowest BCUT2D eigenvalue weighted by atomic mass is 10.00. The minimum absolute atomic E-state index is 0.887. The van der Waals surface area contributed by atoms with Crippen molar-refractivity contribution < 1.29 is 8.83 Å². The first kappa shape index (κ1) is 29.1. The van der Waals surface area contributed by atoms with Crippen LogP contribution >= 0.6 is 11.3 Å². The molecule has 0 aliphatic heterocycles. The largest absolute Gasteiger partial charge is 0.456 e. The summed E-state index contributed by atoms with van der Waals surface area (Å²) in [6.45, 7) is 0. The number of fused-ring (bicyclic) bond motifs is 9. The lowest BCUT2D eigenvalue weighted by molar-refractivity contribution is 0.669. The van der Waals surface area contributed by atoms with Gasteiger partial charge in [-0.3, -0.25) is 0 Å². The van der Waals surface area contributed by atoms with Crippen LogP contribution in [0.2, 0.25) is 0 Å². The van der Waals surface area contributed by atoms with Crippen molar-refractivity contribution in [3.8, 4) is 22.3 Å². The summed E-state index contributed by atoms with van der Waals surface area (Å²) >= 11 is 1.85. The highest BCUT2D eigenvalue weighted by Crippen LogP contribution is 2.46. The molecule has 11 aromatic rings. The van der Waals surface area contributed by atoms with Gasteiger partial charge in [-0.25, -0.2) is 0 Å². The van der Waals surface area contributed by atoms with Crippen LogP contribution in [0.4, 0.5) is 17.1 Å². The number of nitrogens with zero attached hydrogens (tertiary/aromatic N) is 1. The van der Waals surface area contributed by atoms with E-state index in [-0.39, 0.29) is 0 Å². The molecule has 3 aromatic heterocycles. The second-order valence-electron chi connectivity index (χ2n) is 13.3. The van der Waals surface area contributed by atoms with E-state index in [9.17, 15) is 0 Å². The third kappa shape index (κ3) is 4.51. The van der Waals surface area contributed by atoms with Gasteiger partial charge in [0.1, 0.15) is 22.3 Å². The van der Waals surface area contributed by atoms with Crippen LogP contribution in [0.1, 0.15) is 0 Å². The molecular weight excluding hydrogens is 655 g/mol. The van der Waals surface area contributed by atoms with Crippen LogP contribution in [0, 0.1) is 0 Å². The zero-order chi connectivity index (χ0) is 34.2. The molecule has 0 atom stereocenters. The quantitative estimate of drug-likeness (QED) is 0.181. The van der Waals surface area contributed by atoms with Gasteiger partial charge in [0, 0.05) is 54.0 Å². The summed E-state index contributed by atoms with van der Waals surface area (Å²) in [5.74, 6) is 0. The predicted octanol–water partition coefficient (Wildman–Crippen LogP) is 14.7. The molecule has 52 heavy (non-hydrogen) atoms. The fourth-order valence-electron chi connectivity index (χ4n) is 7.81. The van der Waals surface area contributed by atoms with Crippen LogP contribution in [-0.4, -0.2) is 0 Å². The second-order valence-corrected chi connectivity index (χ2v) is 14.3.